The summed E-state index contributed by atoms with van der Waals surface area (Å²) in [4.78, 5) is 12.4. The van der Waals surface area contributed by atoms with Gasteiger partial charge in [-0.05, 0) is 36.5 Å². The highest BCUT2D eigenvalue weighted by atomic mass is 32.2. The van der Waals surface area contributed by atoms with E-state index >= 15 is 0 Å². The van der Waals surface area contributed by atoms with Gasteiger partial charge >= 0.3 is 0 Å². The number of carbonyl (C=O) groups excluding carboxylic acids is 1. The van der Waals surface area contributed by atoms with Gasteiger partial charge in [-0.1, -0.05) is 12.1 Å². The number of guanidine groups is 1. The van der Waals surface area contributed by atoms with Crippen LogP contribution in [0.1, 0.15) is 40.6 Å². The van der Waals surface area contributed by atoms with Gasteiger partial charge in [-0.3, -0.25) is 20.1 Å². The quantitative estimate of drug-likeness (QED) is 0.342. The van der Waals surface area contributed by atoms with Crippen molar-refractivity contribution in [1.82, 2.24) is 9.88 Å². The third kappa shape index (κ3) is 4.85. The molecule has 0 aliphatic heterocycles. The average Bonchev–Trinajstić information content (AvgIpc) is 2.70. The van der Waals surface area contributed by atoms with Crippen LogP contribution in [-0.4, -0.2) is 42.8 Å². The second-order valence-electron chi connectivity index (χ2n) is 6.34. The van der Waals surface area contributed by atoms with E-state index in [0.29, 0.717) is 11.9 Å². The number of aryl methyl sites for hydroxylation is 2. The normalized spacial score (nSPS) is 16.2. The standard InChI is InChI=1S/C16H20N4O2.CH4O3S/c1-20-11-7-3-5-9-12(22-2)8-4-6-10(13(9)11)14(20)15(21)19-16(17)18;1-5(2,3)4/h3,5,7,12H,4,6,8H2,1-2H3,(H4,17,18,19,21);1H3,(H,2,3,4). The van der Waals surface area contributed by atoms with Gasteiger partial charge < -0.3 is 15.0 Å². The molecule has 1 atom stereocenters. The Morgan fingerprint density at radius 1 is 1.44 bits per heavy atom. The Kier molecular flexibility index (Phi) is 6.24. The van der Waals surface area contributed by atoms with E-state index in [1.807, 2.05) is 23.7 Å². The zero-order valence-electron chi connectivity index (χ0n) is 15.4. The molecule has 10 heteroatoms. The van der Waals surface area contributed by atoms with Crippen molar-refractivity contribution in [1.29, 1.82) is 5.41 Å². The monoisotopic (exact) mass is 396 g/mol. The SMILES string of the molecule is COC1CCCc2c(C(=O)NC(=N)N)n(C)c3cccc1c23.CS(=O)(=O)O. The van der Waals surface area contributed by atoms with Crippen LogP contribution in [0.4, 0.5) is 0 Å². The first-order valence-electron chi connectivity index (χ1n) is 8.25. The maximum Gasteiger partial charge on any atom is 0.274 e. The molecule has 1 aromatic carbocycles. The Bertz CT molecular complexity index is 973. The lowest BCUT2D eigenvalue weighted by Gasteiger charge is -2.14. The van der Waals surface area contributed by atoms with Crippen LogP contribution >= 0.6 is 0 Å². The van der Waals surface area contributed by atoms with E-state index in [4.69, 9.17) is 20.4 Å². The fourth-order valence-electron chi connectivity index (χ4n) is 3.45. The largest absolute Gasteiger partial charge is 0.377 e. The maximum absolute atomic E-state index is 12.4. The summed E-state index contributed by atoms with van der Waals surface area (Å²) in [6, 6.07) is 6.06. The van der Waals surface area contributed by atoms with Crippen molar-refractivity contribution >= 4 is 32.9 Å². The van der Waals surface area contributed by atoms with E-state index < -0.39 is 10.1 Å². The number of nitrogens with zero attached hydrogens (tertiary/aromatic N) is 1. The van der Waals surface area contributed by atoms with E-state index in [1.54, 1.807) is 7.11 Å². The number of rotatable bonds is 2. The number of nitrogens with one attached hydrogen (secondary N) is 2. The van der Waals surface area contributed by atoms with E-state index in [-0.39, 0.29) is 18.0 Å². The molecule has 0 saturated carbocycles. The van der Waals surface area contributed by atoms with Crippen molar-refractivity contribution in [2.24, 2.45) is 12.8 Å². The molecule has 2 aromatic rings. The minimum Gasteiger partial charge on any atom is -0.377 e. The lowest BCUT2D eigenvalue weighted by molar-refractivity contribution is 0.0958. The lowest BCUT2D eigenvalue weighted by atomic mass is 10.0. The predicted octanol–water partition coefficient (Wildman–Crippen LogP) is 1.33. The van der Waals surface area contributed by atoms with Gasteiger partial charge in [0.15, 0.2) is 5.96 Å². The highest BCUT2D eigenvalue weighted by Gasteiger charge is 2.27. The summed E-state index contributed by atoms with van der Waals surface area (Å²) < 4.78 is 33.4. The summed E-state index contributed by atoms with van der Waals surface area (Å²) in [5.41, 5.74) is 9.04. The fraction of sp³-hybridized carbons (Fsp3) is 0.412. The molecule has 1 aliphatic carbocycles. The minimum atomic E-state index is -3.67. The molecule has 1 aliphatic rings. The van der Waals surface area contributed by atoms with E-state index in [2.05, 4.69) is 11.4 Å². The lowest BCUT2D eigenvalue weighted by Crippen LogP contribution is -2.37. The summed E-state index contributed by atoms with van der Waals surface area (Å²) in [6.45, 7) is 0. The highest BCUT2D eigenvalue weighted by Crippen LogP contribution is 2.38. The zero-order chi connectivity index (χ0) is 20.4. The number of benzene rings is 1. The topological polar surface area (TPSA) is 147 Å². The Balaban J connectivity index is 0.000000465. The number of carbonyl (C=O) groups is 1. The maximum atomic E-state index is 12.4. The number of amides is 1. The van der Waals surface area contributed by atoms with Gasteiger partial charge in [-0.15, -0.1) is 0 Å². The molecule has 0 saturated heterocycles. The summed E-state index contributed by atoms with van der Waals surface area (Å²) in [5.74, 6) is -0.672. The van der Waals surface area contributed by atoms with Gasteiger partial charge in [0, 0.05) is 25.1 Å². The first kappa shape index (κ1) is 20.9. The van der Waals surface area contributed by atoms with E-state index in [1.165, 1.54) is 0 Å². The first-order chi connectivity index (χ1) is 12.5. The summed E-state index contributed by atoms with van der Waals surface area (Å²) in [5, 5.41) is 10.8. The molecular weight excluding hydrogens is 372 g/mol. The molecule has 27 heavy (non-hydrogen) atoms. The molecule has 1 unspecified atom stereocenters. The molecule has 0 fully saturated rings. The van der Waals surface area contributed by atoms with Crippen LogP contribution in [-0.2, 0) is 28.3 Å². The number of ether oxygens (including phenoxy) is 1. The first-order valence-corrected chi connectivity index (χ1v) is 10.1. The number of nitrogens with two attached hydrogens (primary N) is 1. The second-order valence-corrected chi connectivity index (χ2v) is 7.81. The van der Waals surface area contributed by atoms with Crippen LogP contribution in [0.5, 0.6) is 0 Å². The molecule has 1 amide bonds. The van der Waals surface area contributed by atoms with Crippen LogP contribution in [0.2, 0.25) is 0 Å². The molecule has 148 valence electrons. The number of hydrogen-bond donors (Lipinski definition) is 4. The molecule has 3 rings (SSSR count). The van der Waals surface area contributed by atoms with Gasteiger partial charge in [0.05, 0.1) is 12.4 Å². The zero-order valence-corrected chi connectivity index (χ0v) is 16.3. The van der Waals surface area contributed by atoms with Crippen LogP contribution in [0.25, 0.3) is 10.9 Å². The molecule has 0 spiro atoms. The molecule has 9 nitrogen and oxygen atoms in total. The van der Waals surface area contributed by atoms with Crippen molar-refractivity contribution in [2.45, 2.75) is 25.4 Å². The van der Waals surface area contributed by atoms with Crippen LogP contribution in [0.3, 0.4) is 0 Å². The summed E-state index contributed by atoms with van der Waals surface area (Å²) in [7, 11) is -0.0745. The minimum absolute atomic E-state index is 0.0519. The van der Waals surface area contributed by atoms with E-state index in [9.17, 15) is 13.2 Å². The number of hydrogen-bond acceptors (Lipinski definition) is 5. The highest BCUT2D eigenvalue weighted by molar-refractivity contribution is 7.85. The van der Waals surface area contributed by atoms with Gasteiger partial charge in [0.1, 0.15) is 5.69 Å². The summed E-state index contributed by atoms with van der Waals surface area (Å²) in [6.07, 6.45) is 3.46. The molecular formula is C17H24N4O5S. The van der Waals surface area contributed by atoms with Crippen molar-refractivity contribution in [3.63, 3.8) is 0 Å². The van der Waals surface area contributed by atoms with Crippen LogP contribution in [0.15, 0.2) is 18.2 Å². The molecule has 1 heterocycles. The smallest absolute Gasteiger partial charge is 0.274 e. The molecule has 0 radical (unpaired) electrons. The average molecular weight is 396 g/mol. The Morgan fingerprint density at radius 3 is 2.63 bits per heavy atom. The van der Waals surface area contributed by atoms with Gasteiger partial charge in [0.25, 0.3) is 16.0 Å². The molecule has 1 aromatic heterocycles. The third-order valence-electron chi connectivity index (χ3n) is 4.35. The summed E-state index contributed by atoms with van der Waals surface area (Å²) >= 11 is 0. The predicted molar refractivity (Wildman–Crippen MR) is 102 cm³/mol. The molecule has 0 bridgehead atoms. The van der Waals surface area contributed by atoms with Crippen molar-refractivity contribution in [2.75, 3.05) is 13.4 Å². The van der Waals surface area contributed by atoms with Gasteiger partial charge in [-0.25, -0.2) is 0 Å². The second kappa shape index (κ2) is 8.07. The van der Waals surface area contributed by atoms with Crippen LogP contribution in [0, 0.1) is 5.41 Å². The fourth-order valence-corrected chi connectivity index (χ4v) is 3.45. The Labute approximate surface area is 157 Å². The van der Waals surface area contributed by atoms with Crippen molar-refractivity contribution in [3.8, 4) is 0 Å². The van der Waals surface area contributed by atoms with Crippen LogP contribution < -0.4 is 11.1 Å². The van der Waals surface area contributed by atoms with Crippen molar-refractivity contribution < 1.29 is 22.5 Å². The van der Waals surface area contributed by atoms with E-state index in [0.717, 1.165) is 41.3 Å². The molecule has 5 N–H and O–H groups in total. The Hall–Kier alpha value is -2.43. The number of methoxy groups -OCH3 is 1. The van der Waals surface area contributed by atoms with Gasteiger partial charge in [0.2, 0.25) is 0 Å². The van der Waals surface area contributed by atoms with Crippen molar-refractivity contribution in [3.05, 3.63) is 35.0 Å². The van der Waals surface area contributed by atoms with Gasteiger partial charge in [-0.2, -0.15) is 8.42 Å². The third-order valence-corrected chi connectivity index (χ3v) is 4.35. The Morgan fingerprint density at radius 2 is 2.07 bits per heavy atom. The number of aromatic nitrogens is 1.